The predicted molar refractivity (Wildman–Crippen MR) is 171 cm³/mol. The summed E-state index contributed by atoms with van der Waals surface area (Å²) in [5.74, 6) is -3.26. The van der Waals surface area contributed by atoms with Gasteiger partial charge in [-0.05, 0) is 96.7 Å². The van der Waals surface area contributed by atoms with E-state index < -0.39 is 24.0 Å². The molecule has 44 heavy (non-hydrogen) atoms. The Morgan fingerprint density at radius 2 is 1.82 bits per heavy atom. The first-order valence-electron chi connectivity index (χ1n) is 14.9. The van der Waals surface area contributed by atoms with E-state index in [2.05, 4.69) is 44.2 Å². The van der Waals surface area contributed by atoms with Crippen LogP contribution >= 0.6 is 11.6 Å². The summed E-state index contributed by atoms with van der Waals surface area (Å²) < 4.78 is 33.1. The van der Waals surface area contributed by atoms with Crippen molar-refractivity contribution in [3.8, 4) is 16.9 Å². The number of aryl methyl sites for hydroxylation is 2. The number of aliphatic carboxylic acids is 1. The van der Waals surface area contributed by atoms with Crippen LogP contribution in [-0.4, -0.2) is 58.8 Å². The minimum Gasteiger partial charge on any atom is -0.487 e. The number of hydrogen-bond donors (Lipinski definition) is 3. The summed E-state index contributed by atoms with van der Waals surface area (Å²) in [7, 11) is 0. The van der Waals surface area contributed by atoms with Crippen molar-refractivity contribution in [2.24, 2.45) is 5.73 Å². The lowest BCUT2D eigenvalue weighted by Gasteiger charge is -2.18. The first-order valence-corrected chi connectivity index (χ1v) is 15.3. The van der Waals surface area contributed by atoms with E-state index in [1.54, 1.807) is 6.07 Å². The number of rotatable bonds is 13. The van der Waals surface area contributed by atoms with Gasteiger partial charge in [0.2, 0.25) is 0 Å². The van der Waals surface area contributed by atoms with Gasteiger partial charge in [-0.15, -0.1) is 0 Å². The molecule has 0 unspecified atom stereocenters. The average molecular weight is 627 g/mol. The summed E-state index contributed by atoms with van der Waals surface area (Å²) >= 11 is 6.55. The van der Waals surface area contributed by atoms with E-state index in [9.17, 15) is 18.7 Å². The number of alkyl halides is 2. The number of aliphatic hydroxyl groups excluding tert-OH is 1. The standard InChI is InChI=1S/C35H41ClF2N2O4/c1-22-18-32(30(36)19-26(22)13-14-31(41)33(39)34(42)43)44-20-27-10-7-12-29(24(27)3)28-11-6-9-25(23(28)2)8-4-5-16-40-17-15-35(37,38)21-40/h4,6-12,18-19,31,33,41H,5,13-17,20-21,39H2,1-3H3,(H,42,43)/b8-4+/t31-,33+/m1/s1. The molecule has 0 radical (unpaired) electrons. The molecule has 0 aromatic heterocycles. The lowest BCUT2D eigenvalue weighted by Crippen LogP contribution is -2.41. The van der Waals surface area contributed by atoms with Crippen molar-refractivity contribution < 1.29 is 28.5 Å². The van der Waals surface area contributed by atoms with Gasteiger partial charge in [0, 0.05) is 19.5 Å². The fourth-order valence-corrected chi connectivity index (χ4v) is 5.84. The second-order valence-electron chi connectivity index (χ2n) is 11.7. The van der Waals surface area contributed by atoms with Crippen LogP contribution in [0.1, 0.15) is 52.6 Å². The van der Waals surface area contributed by atoms with Crippen molar-refractivity contribution in [2.75, 3.05) is 19.6 Å². The molecule has 1 aliphatic heterocycles. The summed E-state index contributed by atoms with van der Waals surface area (Å²) in [5.41, 5.74) is 13.9. The molecule has 0 saturated carbocycles. The van der Waals surface area contributed by atoms with Crippen LogP contribution in [0, 0.1) is 20.8 Å². The first kappa shape index (κ1) is 33.6. The Hall–Kier alpha value is -3.30. The van der Waals surface area contributed by atoms with Crippen molar-refractivity contribution in [3.05, 3.63) is 93.0 Å². The molecule has 4 N–H and O–H groups in total. The summed E-state index contributed by atoms with van der Waals surface area (Å²) in [6.45, 7) is 7.33. The maximum absolute atomic E-state index is 13.5. The fraction of sp³-hybridized carbons (Fsp3) is 0.400. The van der Waals surface area contributed by atoms with Crippen molar-refractivity contribution >= 4 is 23.6 Å². The number of likely N-dealkylation sites (tertiary alicyclic amines) is 1. The average Bonchev–Trinajstić information content (AvgIpc) is 3.33. The van der Waals surface area contributed by atoms with Gasteiger partial charge < -0.3 is 20.7 Å². The molecule has 1 heterocycles. The third-order valence-corrected chi connectivity index (χ3v) is 8.75. The molecule has 3 aromatic carbocycles. The van der Waals surface area contributed by atoms with Crippen LogP contribution in [-0.2, 0) is 17.8 Å². The molecule has 236 valence electrons. The zero-order valence-electron chi connectivity index (χ0n) is 25.5. The van der Waals surface area contributed by atoms with Gasteiger partial charge in [0.25, 0.3) is 5.92 Å². The Bertz CT molecular complexity index is 1510. The van der Waals surface area contributed by atoms with Gasteiger partial charge in [0.15, 0.2) is 0 Å². The summed E-state index contributed by atoms with van der Waals surface area (Å²) in [6.07, 6.45) is 4.27. The van der Waals surface area contributed by atoms with Crippen LogP contribution in [0.4, 0.5) is 8.78 Å². The van der Waals surface area contributed by atoms with Crippen LogP contribution < -0.4 is 10.5 Å². The molecule has 1 aliphatic rings. The van der Waals surface area contributed by atoms with E-state index in [0.29, 0.717) is 36.9 Å². The number of carboxylic acids is 1. The summed E-state index contributed by atoms with van der Waals surface area (Å²) in [5, 5.41) is 19.5. The van der Waals surface area contributed by atoms with Crippen molar-refractivity contribution in [2.45, 2.75) is 71.1 Å². The molecular formula is C35H41ClF2N2O4. The van der Waals surface area contributed by atoms with E-state index in [1.165, 1.54) is 0 Å². The second-order valence-corrected chi connectivity index (χ2v) is 12.1. The Labute approximate surface area is 263 Å². The minimum absolute atomic E-state index is 0.0560. The fourth-order valence-electron chi connectivity index (χ4n) is 5.60. The molecule has 6 nitrogen and oxygen atoms in total. The van der Waals surface area contributed by atoms with E-state index in [1.807, 2.05) is 36.1 Å². The van der Waals surface area contributed by atoms with Gasteiger partial charge in [-0.25, -0.2) is 8.78 Å². The molecule has 0 spiro atoms. The zero-order valence-corrected chi connectivity index (χ0v) is 26.2. The van der Waals surface area contributed by atoms with Gasteiger partial charge in [0.1, 0.15) is 18.4 Å². The summed E-state index contributed by atoms with van der Waals surface area (Å²) in [4.78, 5) is 12.8. The highest BCUT2D eigenvalue weighted by Gasteiger charge is 2.37. The van der Waals surface area contributed by atoms with Gasteiger partial charge in [-0.1, -0.05) is 60.2 Å². The number of nitrogens with zero attached hydrogens (tertiary/aromatic N) is 1. The highest BCUT2D eigenvalue weighted by molar-refractivity contribution is 6.32. The quantitative estimate of drug-likeness (QED) is 0.190. The molecule has 0 aliphatic carbocycles. The smallest absolute Gasteiger partial charge is 0.323 e. The molecule has 2 atom stereocenters. The van der Waals surface area contributed by atoms with Gasteiger partial charge >= 0.3 is 5.97 Å². The number of hydrogen-bond acceptors (Lipinski definition) is 5. The molecule has 4 rings (SSSR count). The lowest BCUT2D eigenvalue weighted by atomic mass is 9.91. The number of carbonyl (C=O) groups is 1. The Morgan fingerprint density at radius 1 is 1.11 bits per heavy atom. The number of ether oxygens (including phenoxy) is 1. The predicted octanol–water partition coefficient (Wildman–Crippen LogP) is 6.96. The first-order chi connectivity index (χ1) is 20.9. The molecule has 1 fully saturated rings. The Kier molecular flexibility index (Phi) is 11.2. The maximum Gasteiger partial charge on any atom is 0.323 e. The number of aliphatic hydroxyl groups is 1. The third-order valence-electron chi connectivity index (χ3n) is 8.45. The van der Waals surface area contributed by atoms with Crippen LogP contribution in [0.3, 0.4) is 0 Å². The van der Waals surface area contributed by atoms with Crippen LogP contribution in [0.15, 0.2) is 54.6 Å². The SMILES string of the molecule is Cc1cc(OCc2cccc(-c3cccc(/C=C/CCN4CCC(F)(F)C4)c3C)c2C)c(Cl)cc1CC[C@@H](O)[C@H](N)C(=O)O. The highest BCUT2D eigenvalue weighted by Crippen LogP contribution is 2.33. The Morgan fingerprint density at radius 3 is 2.50 bits per heavy atom. The zero-order chi connectivity index (χ0) is 32.0. The largest absolute Gasteiger partial charge is 0.487 e. The van der Waals surface area contributed by atoms with Crippen molar-refractivity contribution in [3.63, 3.8) is 0 Å². The van der Waals surface area contributed by atoms with Crippen LogP contribution in [0.25, 0.3) is 17.2 Å². The third kappa shape index (κ3) is 8.45. The second kappa shape index (κ2) is 14.7. The number of nitrogens with two attached hydrogens (primary N) is 1. The van der Waals surface area contributed by atoms with Gasteiger partial charge in [-0.3, -0.25) is 9.69 Å². The van der Waals surface area contributed by atoms with Gasteiger partial charge in [0.05, 0.1) is 17.7 Å². The van der Waals surface area contributed by atoms with E-state index >= 15 is 0 Å². The molecule has 3 aromatic rings. The summed E-state index contributed by atoms with van der Waals surface area (Å²) in [6, 6.07) is 14.7. The van der Waals surface area contributed by atoms with Crippen LogP contribution in [0.2, 0.25) is 5.02 Å². The highest BCUT2D eigenvalue weighted by atomic mass is 35.5. The number of halogens is 3. The molecule has 0 amide bonds. The minimum atomic E-state index is -2.56. The van der Waals surface area contributed by atoms with E-state index in [-0.39, 0.29) is 19.4 Å². The molecule has 9 heteroatoms. The van der Waals surface area contributed by atoms with Gasteiger partial charge in [-0.2, -0.15) is 0 Å². The van der Waals surface area contributed by atoms with E-state index in [0.717, 1.165) is 50.9 Å². The number of carboxylic acid groups (broad SMARTS) is 1. The lowest BCUT2D eigenvalue weighted by molar-refractivity contribution is -0.141. The maximum atomic E-state index is 13.5. The topological polar surface area (TPSA) is 96.0 Å². The molecule has 0 bridgehead atoms. The number of benzene rings is 3. The van der Waals surface area contributed by atoms with Crippen molar-refractivity contribution in [1.82, 2.24) is 4.90 Å². The van der Waals surface area contributed by atoms with Crippen molar-refractivity contribution in [1.29, 1.82) is 0 Å². The van der Waals surface area contributed by atoms with E-state index in [4.69, 9.17) is 27.2 Å². The Balaban J connectivity index is 1.42. The van der Waals surface area contributed by atoms with Crippen LogP contribution in [0.5, 0.6) is 5.75 Å². The monoisotopic (exact) mass is 626 g/mol. The molecule has 1 saturated heterocycles. The normalized spacial score (nSPS) is 16.4. The molecular weight excluding hydrogens is 586 g/mol.